The van der Waals surface area contributed by atoms with E-state index in [4.69, 9.17) is 4.74 Å². The van der Waals surface area contributed by atoms with Crippen LogP contribution in [0.3, 0.4) is 0 Å². The molecule has 0 unspecified atom stereocenters. The van der Waals surface area contributed by atoms with Gasteiger partial charge in [0.15, 0.2) is 0 Å². The van der Waals surface area contributed by atoms with E-state index in [0.29, 0.717) is 37.6 Å². The third kappa shape index (κ3) is 5.33. The minimum Gasteiger partial charge on any atom is -0.442 e. The van der Waals surface area contributed by atoms with Crippen molar-refractivity contribution in [3.05, 3.63) is 54.3 Å². The molecule has 0 radical (unpaired) electrons. The number of hydrogen-bond donors (Lipinski definition) is 2. The number of hydrogen-bond acceptors (Lipinski definition) is 5. The summed E-state index contributed by atoms with van der Waals surface area (Å²) >= 11 is 0. The number of ether oxygens (including phenoxy) is 1. The fourth-order valence-electron chi connectivity index (χ4n) is 3.89. The summed E-state index contributed by atoms with van der Waals surface area (Å²) in [5.41, 5.74) is 1.54. The lowest BCUT2D eigenvalue weighted by atomic mass is 10.2. The quantitative estimate of drug-likeness (QED) is 0.723. The van der Waals surface area contributed by atoms with Gasteiger partial charge in [-0.15, -0.1) is 0 Å². The predicted octanol–water partition coefficient (Wildman–Crippen LogP) is 2.64. The molecule has 4 amide bonds. The second-order valence-corrected chi connectivity index (χ2v) is 7.96. The van der Waals surface area contributed by atoms with Gasteiger partial charge in [0.1, 0.15) is 11.9 Å². The smallest absolute Gasteiger partial charge is 0.414 e. The molecule has 2 aliphatic heterocycles. The van der Waals surface area contributed by atoms with Gasteiger partial charge in [0, 0.05) is 38.8 Å². The third-order valence-corrected chi connectivity index (χ3v) is 5.63. The van der Waals surface area contributed by atoms with Crippen LogP contribution < -0.4 is 20.4 Å². The van der Waals surface area contributed by atoms with Gasteiger partial charge in [-0.25, -0.2) is 14.0 Å². The Morgan fingerprint density at radius 3 is 2.48 bits per heavy atom. The summed E-state index contributed by atoms with van der Waals surface area (Å²) in [4.78, 5) is 40.6. The van der Waals surface area contributed by atoms with Gasteiger partial charge in [0.2, 0.25) is 5.91 Å². The molecule has 0 bridgehead atoms. The van der Waals surface area contributed by atoms with Crippen molar-refractivity contribution in [3.63, 3.8) is 0 Å². The molecule has 2 N–H and O–H groups in total. The largest absolute Gasteiger partial charge is 0.442 e. The number of carbonyl (C=O) groups is 3. The van der Waals surface area contributed by atoms with Crippen LogP contribution in [0.1, 0.15) is 6.92 Å². The van der Waals surface area contributed by atoms with Gasteiger partial charge < -0.3 is 25.2 Å². The molecule has 33 heavy (non-hydrogen) atoms. The summed E-state index contributed by atoms with van der Waals surface area (Å²) in [7, 11) is 0. The molecular weight excluding hydrogens is 429 g/mol. The first-order chi connectivity index (χ1) is 15.9. The Labute approximate surface area is 191 Å². The van der Waals surface area contributed by atoms with Gasteiger partial charge in [0.25, 0.3) is 0 Å². The molecule has 2 aliphatic rings. The van der Waals surface area contributed by atoms with Crippen molar-refractivity contribution in [2.75, 3.05) is 54.4 Å². The van der Waals surface area contributed by atoms with Gasteiger partial charge >= 0.3 is 12.1 Å². The normalized spacial score (nSPS) is 18.2. The first kappa shape index (κ1) is 22.4. The van der Waals surface area contributed by atoms with E-state index in [-0.39, 0.29) is 25.0 Å². The highest BCUT2D eigenvalue weighted by Crippen LogP contribution is 2.28. The Kier molecular flexibility index (Phi) is 6.62. The summed E-state index contributed by atoms with van der Waals surface area (Å²) in [6, 6.07) is 13.7. The topological polar surface area (TPSA) is 94.2 Å². The monoisotopic (exact) mass is 455 g/mol. The summed E-state index contributed by atoms with van der Waals surface area (Å²) in [6.07, 6.45) is -1.06. The number of nitrogens with one attached hydrogen (secondary N) is 2. The first-order valence-corrected chi connectivity index (χ1v) is 10.8. The third-order valence-electron chi connectivity index (χ3n) is 5.63. The molecule has 0 saturated carbocycles. The van der Waals surface area contributed by atoms with E-state index in [1.165, 1.54) is 17.9 Å². The molecule has 2 heterocycles. The van der Waals surface area contributed by atoms with Crippen molar-refractivity contribution in [1.29, 1.82) is 0 Å². The lowest BCUT2D eigenvalue weighted by Crippen LogP contribution is -2.50. The number of carbonyl (C=O) groups excluding carboxylic acids is 3. The van der Waals surface area contributed by atoms with Crippen LogP contribution in [0.15, 0.2) is 48.5 Å². The van der Waals surface area contributed by atoms with Crippen LogP contribution in [-0.2, 0) is 9.53 Å². The van der Waals surface area contributed by atoms with E-state index < -0.39 is 18.0 Å². The maximum atomic E-state index is 14.9. The Balaban J connectivity index is 1.34. The standard InChI is InChI=1S/C23H26FN5O4/c1-16(30)25-14-19-15-29(23(32)33-19)18-7-8-21(20(24)13-18)27-9-11-28(12-10-27)22(31)26-17-5-3-2-4-6-17/h2-8,13,19H,9-12,14-15H2,1H3,(H,25,30)(H,26,31)/t19-/m0/s1. The minimum absolute atomic E-state index is 0.182. The first-order valence-electron chi connectivity index (χ1n) is 10.8. The molecule has 0 aliphatic carbocycles. The number of cyclic esters (lactones) is 1. The van der Waals surface area contributed by atoms with Crippen molar-refractivity contribution in [2.45, 2.75) is 13.0 Å². The van der Waals surface area contributed by atoms with E-state index in [2.05, 4.69) is 10.6 Å². The number of nitrogens with zero attached hydrogens (tertiary/aromatic N) is 3. The maximum Gasteiger partial charge on any atom is 0.414 e. The van der Waals surface area contributed by atoms with Crippen LogP contribution in [0.2, 0.25) is 0 Å². The van der Waals surface area contributed by atoms with Crippen molar-refractivity contribution in [2.24, 2.45) is 0 Å². The molecule has 2 saturated heterocycles. The van der Waals surface area contributed by atoms with Crippen LogP contribution >= 0.6 is 0 Å². The van der Waals surface area contributed by atoms with E-state index >= 15 is 0 Å². The lowest BCUT2D eigenvalue weighted by Gasteiger charge is -2.36. The fraction of sp³-hybridized carbons (Fsp3) is 0.348. The van der Waals surface area contributed by atoms with Crippen LogP contribution in [-0.4, -0.2) is 68.3 Å². The number of amides is 4. The van der Waals surface area contributed by atoms with Crippen molar-refractivity contribution >= 4 is 35.1 Å². The highest BCUT2D eigenvalue weighted by molar-refractivity contribution is 5.90. The van der Waals surface area contributed by atoms with E-state index in [1.54, 1.807) is 17.0 Å². The number of para-hydroxylation sites is 1. The van der Waals surface area contributed by atoms with Gasteiger partial charge in [0.05, 0.1) is 24.5 Å². The Morgan fingerprint density at radius 1 is 1.09 bits per heavy atom. The van der Waals surface area contributed by atoms with Gasteiger partial charge in [-0.05, 0) is 30.3 Å². The molecule has 2 aromatic carbocycles. The second-order valence-electron chi connectivity index (χ2n) is 7.96. The molecule has 4 rings (SSSR count). The molecule has 2 fully saturated rings. The van der Waals surface area contributed by atoms with Crippen LogP contribution in [0.4, 0.5) is 31.0 Å². The molecule has 9 nitrogen and oxygen atoms in total. The SMILES string of the molecule is CC(=O)NC[C@H]1CN(c2ccc(N3CCN(C(=O)Nc4ccccc4)CC3)c(F)c2)C(=O)O1. The fourth-order valence-corrected chi connectivity index (χ4v) is 3.89. The number of halogens is 1. The molecule has 0 aromatic heterocycles. The second kappa shape index (κ2) is 9.76. The van der Waals surface area contributed by atoms with E-state index in [9.17, 15) is 18.8 Å². The molecule has 1 atom stereocenters. The summed E-state index contributed by atoms with van der Waals surface area (Å²) in [5.74, 6) is -0.662. The number of benzene rings is 2. The Hall–Kier alpha value is -3.82. The molecular formula is C23H26FN5O4. The number of piperazine rings is 1. The highest BCUT2D eigenvalue weighted by atomic mass is 19.1. The zero-order valence-corrected chi connectivity index (χ0v) is 18.3. The zero-order valence-electron chi connectivity index (χ0n) is 18.3. The number of rotatable bonds is 5. The molecule has 174 valence electrons. The predicted molar refractivity (Wildman–Crippen MR) is 122 cm³/mol. The summed E-state index contributed by atoms with van der Waals surface area (Å²) < 4.78 is 20.2. The highest BCUT2D eigenvalue weighted by Gasteiger charge is 2.33. The number of urea groups is 1. The lowest BCUT2D eigenvalue weighted by molar-refractivity contribution is -0.119. The molecule has 2 aromatic rings. The average molecular weight is 455 g/mol. The molecule has 10 heteroatoms. The van der Waals surface area contributed by atoms with Gasteiger partial charge in [-0.2, -0.15) is 0 Å². The molecule has 0 spiro atoms. The number of anilines is 3. The summed E-state index contributed by atoms with van der Waals surface area (Å²) in [6.45, 7) is 3.73. The zero-order chi connectivity index (χ0) is 23.4. The van der Waals surface area contributed by atoms with Crippen molar-refractivity contribution < 1.29 is 23.5 Å². The van der Waals surface area contributed by atoms with Crippen LogP contribution in [0, 0.1) is 5.82 Å². The summed E-state index contributed by atoms with van der Waals surface area (Å²) in [5, 5.41) is 5.47. The Morgan fingerprint density at radius 2 is 1.82 bits per heavy atom. The van der Waals surface area contributed by atoms with Crippen molar-refractivity contribution in [3.8, 4) is 0 Å². The van der Waals surface area contributed by atoms with E-state index in [0.717, 1.165) is 5.69 Å². The van der Waals surface area contributed by atoms with Gasteiger partial charge in [-0.3, -0.25) is 9.69 Å². The van der Waals surface area contributed by atoms with Crippen LogP contribution in [0.5, 0.6) is 0 Å². The minimum atomic E-state index is -0.574. The average Bonchev–Trinajstić information content (AvgIpc) is 3.19. The van der Waals surface area contributed by atoms with Crippen molar-refractivity contribution in [1.82, 2.24) is 10.2 Å². The maximum absolute atomic E-state index is 14.9. The van der Waals surface area contributed by atoms with Gasteiger partial charge in [-0.1, -0.05) is 18.2 Å². The Bertz CT molecular complexity index is 1030. The van der Waals surface area contributed by atoms with E-state index in [1.807, 2.05) is 35.2 Å². The van der Waals surface area contributed by atoms with Crippen LogP contribution in [0.25, 0.3) is 0 Å².